The van der Waals surface area contributed by atoms with Gasteiger partial charge in [0, 0.05) is 12.4 Å². The number of fused-ring (bicyclic) bond motifs is 2. The Labute approximate surface area is 152 Å². The van der Waals surface area contributed by atoms with Crippen LogP contribution in [0.25, 0.3) is 10.9 Å². The molecule has 1 aliphatic rings. The van der Waals surface area contributed by atoms with Crippen molar-refractivity contribution in [3.8, 4) is 0 Å². The number of hydrogen-bond acceptors (Lipinski definition) is 5. The van der Waals surface area contributed by atoms with Crippen molar-refractivity contribution >= 4 is 40.1 Å². The van der Waals surface area contributed by atoms with E-state index in [-0.39, 0.29) is 22.5 Å². The van der Waals surface area contributed by atoms with Crippen LogP contribution in [0, 0.1) is 5.82 Å². The van der Waals surface area contributed by atoms with Crippen molar-refractivity contribution in [2.45, 2.75) is 0 Å². The lowest BCUT2D eigenvalue weighted by atomic mass is 10.1. The average molecular weight is 365 g/mol. The molecule has 0 radical (unpaired) electrons. The Bertz CT molecular complexity index is 1140. The maximum Gasteiger partial charge on any atom is 0.335 e. The molecular formula is C19H12FN3O4. The molecule has 8 heteroatoms. The van der Waals surface area contributed by atoms with E-state index in [2.05, 4.69) is 10.3 Å². The first-order valence-corrected chi connectivity index (χ1v) is 7.95. The first-order valence-electron chi connectivity index (χ1n) is 7.95. The number of halogens is 1. The predicted octanol–water partition coefficient (Wildman–Crippen LogP) is 2.91. The minimum absolute atomic E-state index is 0.0297. The number of rotatable bonds is 3. The van der Waals surface area contributed by atoms with E-state index in [9.17, 15) is 18.8 Å². The summed E-state index contributed by atoms with van der Waals surface area (Å²) in [6.45, 7) is 0. The van der Waals surface area contributed by atoms with Gasteiger partial charge in [-0.15, -0.1) is 0 Å². The highest BCUT2D eigenvalue weighted by atomic mass is 19.1. The zero-order valence-corrected chi connectivity index (χ0v) is 14.0. The van der Waals surface area contributed by atoms with Crippen molar-refractivity contribution in [3.63, 3.8) is 0 Å². The van der Waals surface area contributed by atoms with Gasteiger partial charge in [0.1, 0.15) is 11.5 Å². The van der Waals surface area contributed by atoms with Crippen molar-refractivity contribution in [2.24, 2.45) is 0 Å². The van der Waals surface area contributed by atoms with Gasteiger partial charge in [-0.25, -0.2) is 19.1 Å². The second-order valence-corrected chi connectivity index (χ2v) is 5.96. The number of anilines is 2. The Morgan fingerprint density at radius 3 is 2.44 bits per heavy atom. The number of nitrogens with one attached hydrogen (secondary N) is 1. The SMILES string of the molecule is CNc1cc(F)cc2cc3c(nc12)C(=O)N(c1ccc(C(=O)O)cc1)C3=O. The minimum Gasteiger partial charge on any atom is -0.478 e. The minimum atomic E-state index is -1.11. The molecule has 0 saturated carbocycles. The maximum absolute atomic E-state index is 13.8. The second kappa shape index (κ2) is 5.87. The zero-order valence-electron chi connectivity index (χ0n) is 14.0. The van der Waals surface area contributed by atoms with Crippen LogP contribution in [-0.4, -0.2) is 34.9 Å². The molecule has 0 spiro atoms. The highest BCUT2D eigenvalue weighted by molar-refractivity contribution is 6.34. The number of carbonyl (C=O) groups is 3. The van der Waals surface area contributed by atoms with E-state index < -0.39 is 23.6 Å². The molecule has 0 fully saturated rings. The number of pyridine rings is 1. The summed E-state index contributed by atoms with van der Waals surface area (Å²) in [5, 5.41) is 12.2. The topological polar surface area (TPSA) is 99.6 Å². The number of imide groups is 1. The molecule has 2 heterocycles. The lowest BCUT2D eigenvalue weighted by molar-refractivity contribution is 0.0696. The van der Waals surface area contributed by atoms with Crippen LogP contribution in [0.1, 0.15) is 31.2 Å². The molecule has 2 N–H and O–H groups in total. The van der Waals surface area contributed by atoms with Crippen molar-refractivity contribution in [3.05, 3.63) is 65.1 Å². The zero-order chi connectivity index (χ0) is 19.3. The molecule has 0 aliphatic carbocycles. The second-order valence-electron chi connectivity index (χ2n) is 5.96. The van der Waals surface area contributed by atoms with Crippen LogP contribution in [0.2, 0.25) is 0 Å². The normalized spacial score (nSPS) is 13.2. The van der Waals surface area contributed by atoms with Crippen molar-refractivity contribution in [1.82, 2.24) is 4.98 Å². The highest BCUT2D eigenvalue weighted by Crippen LogP contribution is 2.32. The molecule has 0 atom stereocenters. The van der Waals surface area contributed by atoms with Crippen LogP contribution in [0.3, 0.4) is 0 Å². The molecular weight excluding hydrogens is 353 g/mol. The summed E-state index contributed by atoms with van der Waals surface area (Å²) >= 11 is 0. The number of nitrogens with zero attached hydrogens (tertiary/aromatic N) is 2. The van der Waals surface area contributed by atoms with Gasteiger partial charge in [-0.2, -0.15) is 0 Å². The Kier molecular flexibility index (Phi) is 3.62. The molecule has 27 heavy (non-hydrogen) atoms. The number of aromatic carboxylic acids is 1. The fourth-order valence-corrected chi connectivity index (χ4v) is 3.07. The van der Waals surface area contributed by atoms with Crippen LogP contribution in [0.4, 0.5) is 15.8 Å². The smallest absolute Gasteiger partial charge is 0.335 e. The van der Waals surface area contributed by atoms with Gasteiger partial charge in [0.15, 0.2) is 0 Å². The molecule has 1 aliphatic heterocycles. The number of hydrogen-bond donors (Lipinski definition) is 2. The summed E-state index contributed by atoms with van der Waals surface area (Å²) < 4.78 is 13.8. The third-order valence-corrected chi connectivity index (χ3v) is 4.36. The number of aromatic nitrogens is 1. The third kappa shape index (κ3) is 2.50. The Morgan fingerprint density at radius 2 is 1.81 bits per heavy atom. The highest BCUT2D eigenvalue weighted by Gasteiger charge is 2.38. The van der Waals surface area contributed by atoms with Gasteiger partial charge in [0.25, 0.3) is 11.8 Å². The number of carboxylic acid groups (broad SMARTS) is 1. The summed E-state index contributed by atoms with van der Waals surface area (Å²) in [7, 11) is 1.60. The molecule has 7 nitrogen and oxygen atoms in total. The van der Waals surface area contributed by atoms with E-state index in [1.165, 1.54) is 42.5 Å². The van der Waals surface area contributed by atoms with Crippen LogP contribution >= 0.6 is 0 Å². The molecule has 134 valence electrons. The molecule has 0 unspecified atom stereocenters. The fraction of sp³-hybridized carbons (Fsp3) is 0.0526. The van der Waals surface area contributed by atoms with Crippen LogP contribution < -0.4 is 10.2 Å². The average Bonchev–Trinajstić information content (AvgIpc) is 2.89. The first-order chi connectivity index (χ1) is 12.9. The molecule has 2 aromatic carbocycles. The Hall–Kier alpha value is -3.81. The van der Waals surface area contributed by atoms with Gasteiger partial charge >= 0.3 is 5.97 Å². The third-order valence-electron chi connectivity index (χ3n) is 4.36. The van der Waals surface area contributed by atoms with E-state index in [1.807, 2.05) is 0 Å². The fourth-order valence-electron chi connectivity index (χ4n) is 3.07. The monoisotopic (exact) mass is 365 g/mol. The molecule has 3 aromatic rings. The van der Waals surface area contributed by atoms with E-state index >= 15 is 0 Å². The Morgan fingerprint density at radius 1 is 1.11 bits per heavy atom. The van der Waals surface area contributed by atoms with Crippen molar-refractivity contribution < 1.29 is 23.9 Å². The van der Waals surface area contributed by atoms with Gasteiger partial charge < -0.3 is 10.4 Å². The van der Waals surface area contributed by atoms with Gasteiger partial charge in [-0.05, 0) is 42.5 Å². The van der Waals surface area contributed by atoms with Crippen LogP contribution in [0.15, 0.2) is 42.5 Å². The summed E-state index contributed by atoms with van der Waals surface area (Å²) in [6.07, 6.45) is 0. The molecule has 2 amide bonds. The van der Waals surface area contributed by atoms with E-state index in [1.54, 1.807) is 7.05 Å². The molecule has 4 rings (SSSR count). The first kappa shape index (κ1) is 16.6. The van der Waals surface area contributed by atoms with Gasteiger partial charge in [0.2, 0.25) is 0 Å². The quantitative estimate of drug-likeness (QED) is 0.693. The number of benzene rings is 2. The van der Waals surface area contributed by atoms with Crippen LogP contribution in [0.5, 0.6) is 0 Å². The van der Waals surface area contributed by atoms with Crippen molar-refractivity contribution in [1.29, 1.82) is 0 Å². The van der Waals surface area contributed by atoms with Crippen LogP contribution in [-0.2, 0) is 0 Å². The van der Waals surface area contributed by atoms with Gasteiger partial charge in [-0.1, -0.05) is 0 Å². The summed E-state index contributed by atoms with van der Waals surface area (Å²) in [5.74, 6) is -2.82. The number of amides is 2. The molecule has 1 aromatic heterocycles. The van der Waals surface area contributed by atoms with Gasteiger partial charge in [-0.3, -0.25) is 9.59 Å². The van der Waals surface area contributed by atoms with Gasteiger partial charge in [0.05, 0.1) is 28.0 Å². The largest absolute Gasteiger partial charge is 0.478 e. The van der Waals surface area contributed by atoms with E-state index in [0.29, 0.717) is 16.6 Å². The molecule has 0 bridgehead atoms. The predicted molar refractivity (Wildman–Crippen MR) is 95.8 cm³/mol. The maximum atomic E-state index is 13.8. The van der Waals surface area contributed by atoms with Crippen molar-refractivity contribution in [2.75, 3.05) is 17.3 Å². The summed E-state index contributed by atoms with van der Waals surface area (Å²) in [5.41, 5.74) is 1.09. The Balaban J connectivity index is 1.84. The summed E-state index contributed by atoms with van der Waals surface area (Å²) in [6, 6.07) is 9.30. The number of carboxylic acids is 1. The number of carbonyl (C=O) groups excluding carboxylic acids is 2. The van der Waals surface area contributed by atoms with E-state index in [0.717, 1.165) is 4.90 Å². The van der Waals surface area contributed by atoms with E-state index in [4.69, 9.17) is 5.11 Å². The molecule has 0 saturated heterocycles. The summed E-state index contributed by atoms with van der Waals surface area (Å²) in [4.78, 5) is 41.7. The standard InChI is InChI=1S/C19H12FN3O4/c1-21-14-8-11(20)6-10-7-13-16(22-15(10)14)18(25)23(17(13)24)12-4-2-9(3-5-12)19(26)27/h2-8,21H,1H3,(H,26,27). The lowest BCUT2D eigenvalue weighted by Crippen LogP contribution is -2.29. The lowest BCUT2D eigenvalue weighted by Gasteiger charge is -2.13.